The number of rotatable bonds is 6. The maximum Gasteiger partial charge on any atom is 0.248 e. The van der Waals surface area contributed by atoms with Crippen LogP contribution in [-0.4, -0.2) is 36.0 Å². The molecule has 0 aromatic heterocycles. The predicted octanol–water partition coefficient (Wildman–Crippen LogP) is 0.753. The average Bonchev–Trinajstić information content (AvgIpc) is 2.84. The summed E-state index contributed by atoms with van der Waals surface area (Å²) < 4.78 is 4.93. The molecule has 1 aromatic carbocycles. The van der Waals surface area contributed by atoms with Crippen LogP contribution in [0.25, 0.3) is 0 Å². The van der Waals surface area contributed by atoms with Crippen molar-refractivity contribution in [2.24, 2.45) is 16.1 Å². The molecule has 0 bridgehead atoms. The van der Waals surface area contributed by atoms with Gasteiger partial charge in [0, 0.05) is 12.1 Å². The van der Waals surface area contributed by atoms with E-state index in [2.05, 4.69) is 21.1 Å². The predicted molar refractivity (Wildman–Crippen MR) is 84.4 cm³/mol. The Balaban J connectivity index is 1.81. The molecule has 1 aliphatic rings. The van der Waals surface area contributed by atoms with Crippen LogP contribution >= 0.6 is 0 Å². The topological polar surface area (TPSA) is 112 Å². The molecule has 2 rings (SSSR count). The lowest BCUT2D eigenvalue weighted by Crippen LogP contribution is -2.25. The standard InChI is InChI=1S/C15H18N4O4/c1-9-11(15(22)19-17-9)4-6-14(21)18-16-8-10-3-5-13(23-2)12(20)7-10/h3,5,7-8,11,20H,4,6H2,1-2H3,(H,18,21)(H,19,22)/b16-8+. The van der Waals surface area contributed by atoms with E-state index < -0.39 is 0 Å². The van der Waals surface area contributed by atoms with E-state index >= 15 is 0 Å². The number of phenols is 1. The van der Waals surface area contributed by atoms with E-state index in [9.17, 15) is 14.7 Å². The highest BCUT2D eigenvalue weighted by Gasteiger charge is 2.26. The molecule has 8 heteroatoms. The van der Waals surface area contributed by atoms with Crippen molar-refractivity contribution in [3.8, 4) is 11.5 Å². The maximum atomic E-state index is 11.7. The van der Waals surface area contributed by atoms with Crippen LogP contribution in [0.4, 0.5) is 0 Å². The van der Waals surface area contributed by atoms with Crippen molar-refractivity contribution in [2.45, 2.75) is 19.8 Å². The lowest BCUT2D eigenvalue weighted by Gasteiger charge is -2.06. The third kappa shape index (κ3) is 4.29. The van der Waals surface area contributed by atoms with Crippen LogP contribution in [0.2, 0.25) is 0 Å². The number of carbonyl (C=O) groups excluding carboxylic acids is 2. The molecule has 3 N–H and O–H groups in total. The first kappa shape index (κ1) is 16.5. The van der Waals surface area contributed by atoms with Gasteiger partial charge in [0.2, 0.25) is 11.8 Å². The van der Waals surface area contributed by atoms with Crippen molar-refractivity contribution in [2.75, 3.05) is 7.11 Å². The fourth-order valence-corrected chi connectivity index (χ4v) is 2.13. The third-order valence-electron chi connectivity index (χ3n) is 3.43. The molecule has 1 unspecified atom stereocenters. The average molecular weight is 318 g/mol. The summed E-state index contributed by atoms with van der Waals surface area (Å²) >= 11 is 0. The molecule has 8 nitrogen and oxygen atoms in total. The molecule has 0 saturated heterocycles. The summed E-state index contributed by atoms with van der Waals surface area (Å²) in [5.41, 5.74) is 6.05. The molecule has 122 valence electrons. The van der Waals surface area contributed by atoms with Crippen LogP contribution in [0.5, 0.6) is 11.5 Å². The second kappa shape index (κ2) is 7.39. The summed E-state index contributed by atoms with van der Waals surface area (Å²) in [6.07, 6.45) is 1.95. The second-order valence-corrected chi connectivity index (χ2v) is 5.04. The van der Waals surface area contributed by atoms with E-state index in [0.717, 1.165) is 0 Å². The van der Waals surface area contributed by atoms with Crippen molar-refractivity contribution >= 4 is 23.7 Å². The molecule has 23 heavy (non-hydrogen) atoms. The van der Waals surface area contributed by atoms with E-state index in [-0.39, 0.29) is 29.9 Å². The van der Waals surface area contributed by atoms with Gasteiger partial charge in [-0.3, -0.25) is 9.59 Å². The molecule has 0 fully saturated rings. The van der Waals surface area contributed by atoms with Crippen LogP contribution in [0.1, 0.15) is 25.3 Å². The van der Waals surface area contributed by atoms with Crippen molar-refractivity contribution in [3.05, 3.63) is 23.8 Å². The Labute approximate surface area is 133 Å². The Morgan fingerprint density at radius 2 is 2.35 bits per heavy atom. The first-order valence-corrected chi connectivity index (χ1v) is 7.04. The number of nitrogens with one attached hydrogen (secondary N) is 2. The Hall–Kier alpha value is -2.90. The monoisotopic (exact) mass is 318 g/mol. The van der Waals surface area contributed by atoms with Crippen LogP contribution < -0.4 is 15.6 Å². The van der Waals surface area contributed by atoms with E-state index in [1.54, 1.807) is 19.1 Å². The third-order valence-corrected chi connectivity index (χ3v) is 3.43. The van der Waals surface area contributed by atoms with E-state index in [4.69, 9.17) is 4.74 Å². The first-order chi connectivity index (χ1) is 11.0. The number of aromatic hydroxyl groups is 1. The SMILES string of the molecule is COc1ccc(/C=N/NC(=O)CCC2C(=O)NN=C2C)cc1O. The lowest BCUT2D eigenvalue weighted by molar-refractivity contribution is -0.123. The highest BCUT2D eigenvalue weighted by Crippen LogP contribution is 2.25. The molecule has 0 radical (unpaired) electrons. The van der Waals surface area contributed by atoms with Gasteiger partial charge in [0.25, 0.3) is 0 Å². The van der Waals surface area contributed by atoms with Gasteiger partial charge in [0.1, 0.15) is 0 Å². The lowest BCUT2D eigenvalue weighted by atomic mass is 9.99. The van der Waals surface area contributed by atoms with Gasteiger partial charge < -0.3 is 9.84 Å². The van der Waals surface area contributed by atoms with Gasteiger partial charge in [-0.05, 0) is 37.1 Å². The van der Waals surface area contributed by atoms with Gasteiger partial charge in [-0.15, -0.1) is 0 Å². The Kier molecular flexibility index (Phi) is 5.29. The number of methoxy groups -OCH3 is 1. The molecule has 1 aromatic rings. The van der Waals surface area contributed by atoms with Gasteiger partial charge >= 0.3 is 0 Å². The zero-order chi connectivity index (χ0) is 16.8. The Bertz CT molecular complexity index is 669. The van der Waals surface area contributed by atoms with Gasteiger partial charge in [0.05, 0.1) is 19.2 Å². The number of hydrazone groups is 2. The Morgan fingerprint density at radius 3 is 2.96 bits per heavy atom. The summed E-state index contributed by atoms with van der Waals surface area (Å²) in [7, 11) is 1.46. The minimum Gasteiger partial charge on any atom is -0.504 e. The number of carbonyl (C=O) groups is 2. The maximum absolute atomic E-state index is 11.7. The smallest absolute Gasteiger partial charge is 0.248 e. The minimum atomic E-state index is -0.358. The summed E-state index contributed by atoms with van der Waals surface area (Å²) in [6, 6.07) is 4.76. The molecule has 0 aliphatic carbocycles. The summed E-state index contributed by atoms with van der Waals surface area (Å²) in [6.45, 7) is 1.74. The number of ether oxygens (including phenoxy) is 1. The van der Waals surface area contributed by atoms with Crippen molar-refractivity contribution < 1.29 is 19.4 Å². The van der Waals surface area contributed by atoms with E-state index in [0.29, 0.717) is 23.4 Å². The second-order valence-electron chi connectivity index (χ2n) is 5.04. The quantitative estimate of drug-likeness (QED) is 0.531. The van der Waals surface area contributed by atoms with Crippen LogP contribution in [0, 0.1) is 5.92 Å². The van der Waals surface area contributed by atoms with Crippen LogP contribution in [0.3, 0.4) is 0 Å². The fourth-order valence-electron chi connectivity index (χ4n) is 2.13. The molecular weight excluding hydrogens is 300 g/mol. The molecule has 0 saturated carbocycles. The van der Waals surface area contributed by atoms with Gasteiger partial charge in [0.15, 0.2) is 11.5 Å². The largest absolute Gasteiger partial charge is 0.504 e. The van der Waals surface area contributed by atoms with Gasteiger partial charge in [-0.25, -0.2) is 10.9 Å². The van der Waals surface area contributed by atoms with Gasteiger partial charge in [-0.1, -0.05) is 0 Å². The molecule has 1 aliphatic heterocycles. The van der Waals surface area contributed by atoms with Crippen molar-refractivity contribution in [1.82, 2.24) is 10.9 Å². The minimum absolute atomic E-state index is 0.00946. The van der Waals surface area contributed by atoms with E-state index in [1.807, 2.05) is 0 Å². The zero-order valence-electron chi connectivity index (χ0n) is 12.9. The van der Waals surface area contributed by atoms with Crippen molar-refractivity contribution in [1.29, 1.82) is 0 Å². The van der Waals surface area contributed by atoms with Gasteiger partial charge in [-0.2, -0.15) is 10.2 Å². The summed E-state index contributed by atoms with van der Waals surface area (Å²) in [4.78, 5) is 23.2. The number of phenolic OH excluding ortho intramolecular Hbond substituents is 1. The fraction of sp³-hybridized carbons (Fsp3) is 0.333. The molecule has 1 atom stereocenters. The number of hydrogen-bond acceptors (Lipinski definition) is 6. The number of nitrogens with zero attached hydrogens (tertiary/aromatic N) is 2. The van der Waals surface area contributed by atoms with Crippen molar-refractivity contribution in [3.63, 3.8) is 0 Å². The Morgan fingerprint density at radius 1 is 1.57 bits per heavy atom. The number of hydrogen-bond donors (Lipinski definition) is 3. The normalized spacial score (nSPS) is 17.0. The van der Waals surface area contributed by atoms with Crippen LogP contribution in [0.15, 0.2) is 28.4 Å². The molecule has 0 spiro atoms. The molecule has 1 heterocycles. The summed E-state index contributed by atoms with van der Waals surface area (Å²) in [5, 5.41) is 17.3. The number of amides is 2. The molecular formula is C15H18N4O4. The van der Waals surface area contributed by atoms with Crippen LogP contribution in [-0.2, 0) is 9.59 Å². The highest BCUT2D eigenvalue weighted by molar-refractivity contribution is 6.07. The summed E-state index contributed by atoms with van der Waals surface area (Å²) in [5.74, 6) is -0.495. The zero-order valence-corrected chi connectivity index (χ0v) is 12.9. The first-order valence-electron chi connectivity index (χ1n) is 7.04. The molecule has 2 amide bonds. The highest BCUT2D eigenvalue weighted by atomic mass is 16.5. The van der Waals surface area contributed by atoms with E-state index in [1.165, 1.54) is 19.4 Å². The number of benzene rings is 1.